The van der Waals surface area contributed by atoms with E-state index in [1.54, 1.807) is 30.2 Å². The van der Waals surface area contributed by atoms with Gasteiger partial charge in [0.25, 0.3) is 0 Å². The highest BCUT2D eigenvalue weighted by Gasteiger charge is 2.42. The molecule has 0 N–H and O–H groups in total. The quantitative estimate of drug-likeness (QED) is 0.793. The Morgan fingerprint density at radius 3 is 3.04 bits per heavy atom. The van der Waals surface area contributed by atoms with Crippen molar-refractivity contribution in [1.82, 2.24) is 0 Å². The molecule has 2 heterocycles. The van der Waals surface area contributed by atoms with Crippen LogP contribution < -0.4 is 0 Å². The maximum atomic E-state index is 11.7. The molecular weight excluding hydrogens is 340 g/mol. The third-order valence-corrected chi connectivity index (χ3v) is 7.12. The molecule has 1 aliphatic carbocycles. The number of rotatable bonds is 4. The van der Waals surface area contributed by atoms with Gasteiger partial charge in [0.1, 0.15) is 5.60 Å². The zero-order valence-corrected chi connectivity index (χ0v) is 15.5. The van der Waals surface area contributed by atoms with Gasteiger partial charge in [-0.15, -0.1) is 11.3 Å². The van der Waals surface area contributed by atoms with Crippen LogP contribution in [-0.4, -0.2) is 25.6 Å². The highest BCUT2D eigenvalue weighted by atomic mass is 32.2. The Hall–Kier alpha value is -1.14. The van der Waals surface area contributed by atoms with Crippen LogP contribution in [0.25, 0.3) is 0 Å². The van der Waals surface area contributed by atoms with Crippen molar-refractivity contribution >= 4 is 28.9 Å². The number of thiophene rings is 1. The van der Waals surface area contributed by atoms with E-state index in [0.29, 0.717) is 6.42 Å². The van der Waals surface area contributed by atoms with Gasteiger partial charge >= 0.3 is 0 Å². The molecule has 0 radical (unpaired) electrons. The first-order valence-corrected chi connectivity index (χ1v) is 9.89. The van der Waals surface area contributed by atoms with Gasteiger partial charge < -0.3 is 9.47 Å². The van der Waals surface area contributed by atoms with E-state index in [-0.39, 0.29) is 17.5 Å². The number of methoxy groups -OCH3 is 1. The van der Waals surface area contributed by atoms with E-state index in [2.05, 4.69) is 30.5 Å². The Morgan fingerprint density at radius 2 is 2.21 bits per heavy atom. The van der Waals surface area contributed by atoms with Crippen LogP contribution in [0.4, 0.5) is 0 Å². The smallest absolute Gasteiger partial charge is 0.163 e. The molecule has 5 heteroatoms. The van der Waals surface area contributed by atoms with Crippen molar-refractivity contribution in [3.63, 3.8) is 0 Å². The van der Waals surface area contributed by atoms with Gasteiger partial charge in [0, 0.05) is 30.4 Å². The lowest BCUT2D eigenvalue weighted by Gasteiger charge is -2.28. The minimum Gasteiger partial charge on any atom is -0.378 e. The fourth-order valence-electron chi connectivity index (χ4n) is 3.60. The molecule has 2 aliphatic rings. The van der Waals surface area contributed by atoms with Crippen LogP contribution in [0.5, 0.6) is 0 Å². The van der Waals surface area contributed by atoms with Gasteiger partial charge in [0.15, 0.2) is 5.78 Å². The highest BCUT2D eigenvalue weighted by molar-refractivity contribution is 8.01. The first-order chi connectivity index (χ1) is 11.6. The van der Waals surface area contributed by atoms with Crippen molar-refractivity contribution in [1.29, 1.82) is 0 Å². The summed E-state index contributed by atoms with van der Waals surface area (Å²) < 4.78 is 12.8. The van der Waals surface area contributed by atoms with Crippen LogP contribution in [0, 0.1) is 0 Å². The lowest BCUT2D eigenvalue weighted by molar-refractivity contribution is -0.0644. The van der Waals surface area contributed by atoms with Gasteiger partial charge in [-0.25, -0.2) is 0 Å². The Bertz CT molecular complexity index is 783. The Morgan fingerprint density at radius 1 is 1.33 bits per heavy atom. The second-order valence-corrected chi connectivity index (χ2v) is 8.75. The summed E-state index contributed by atoms with van der Waals surface area (Å²) >= 11 is 3.49. The van der Waals surface area contributed by atoms with Gasteiger partial charge in [-0.2, -0.15) is 0 Å². The van der Waals surface area contributed by atoms with Gasteiger partial charge in [0.2, 0.25) is 0 Å². The van der Waals surface area contributed by atoms with E-state index in [9.17, 15) is 4.79 Å². The van der Waals surface area contributed by atoms with Crippen LogP contribution in [-0.2, 0) is 21.5 Å². The lowest BCUT2D eigenvalue weighted by Crippen LogP contribution is -2.33. The molecule has 1 fully saturated rings. The number of benzene rings is 1. The summed E-state index contributed by atoms with van der Waals surface area (Å²) in [6, 6.07) is 8.41. The molecule has 2 atom stereocenters. The van der Waals surface area contributed by atoms with E-state index < -0.39 is 0 Å². The van der Waals surface area contributed by atoms with E-state index in [4.69, 9.17) is 9.47 Å². The summed E-state index contributed by atoms with van der Waals surface area (Å²) in [6.07, 6.45) is 2.57. The van der Waals surface area contributed by atoms with Crippen molar-refractivity contribution in [2.24, 2.45) is 0 Å². The van der Waals surface area contributed by atoms with E-state index in [0.717, 1.165) is 25.0 Å². The van der Waals surface area contributed by atoms with E-state index >= 15 is 0 Å². The van der Waals surface area contributed by atoms with Crippen LogP contribution >= 0.6 is 23.1 Å². The van der Waals surface area contributed by atoms with Gasteiger partial charge in [-0.05, 0) is 48.1 Å². The van der Waals surface area contributed by atoms with Gasteiger partial charge in [-0.1, -0.05) is 17.8 Å². The zero-order chi connectivity index (χ0) is 16.7. The number of hydrogen-bond donors (Lipinski definition) is 0. The number of carbonyl (C=O) groups is 1. The lowest BCUT2D eigenvalue weighted by atomic mass is 9.93. The number of hydrogen-bond acceptors (Lipinski definition) is 5. The maximum Gasteiger partial charge on any atom is 0.163 e. The minimum atomic E-state index is -0.353. The maximum absolute atomic E-state index is 11.7. The predicted octanol–water partition coefficient (Wildman–Crippen LogP) is 4.68. The highest BCUT2D eigenvalue weighted by Crippen LogP contribution is 2.43. The molecule has 0 saturated carbocycles. The molecule has 2 aromatic rings. The standard InChI is InChI=1S/C19H20O3S2/c1-19(17(21-2)7-8-22-19)13-10-18(23-11-13)24-14-4-5-15-12(9-14)3-6-16(15)20/h4-5,9-11,17H,3,6-8H2,1-2H3/t17-,19+/m0/s1. The van der Waals surface area contributed by atoms with Crippen LogP contribution in [0.2, 0.25) is 0 Å². The van der Waals surface area contributed by atoms with E-state index in [1.165, 1.54) is 20.2 Å². The summed E-state index contributed by atoms with van der Waals surface area (Å²) in [5.74, 6) is 0.275. The fraction of sp³-hybridized carbons (Fsp3) is 0.421. The fourth-order valence-corrected chi connectivity index (χ4v) is 5.72. The van der Waals surface area contributed by atoms with Crippen molar-refractivity contribution in [2.45, 2.75) is 47.0 Å². The average Bonchev–Trinajstić information content (AvgIpc) is 3.28. The molecule has 1 aromatic heterocycles. The number of ketones is 1. The third kappa shape index (κ3) is 2.73. The number of fused-ring (bicyclic) bond motifs is 1. The molecule has 0 bridgehead atoms. The van der Waals surface area contributed by atoms with Crippen molar-refractivity contribution in [2.75, 3.05) is 13.7 Å². The van der Waals surface area contributed by atoms with Crippen LogP contribution in [0.15, 0.2) is 38.8 Å². The van der Waals surface area contributed by atoms with Crippen molar-refractivity contribution in [3.05, 3.63) is 46.3 Å². The van der Waals surface area contributed by atoms with E-state index in [1.807, 2.05) is 6.07 Å². The SMILES string of the molecule is CO[C@H]1CCO[C@]1(C)c1csc(Sc2ccc3c(c2)CCC3=O)c1. The van der Waals surface area contributed by atoms with Crippen molar-refractivity contribution < 1.29 is 14.3 Å². The summed E-state index contributed by atoms with van der Waals surface area (Å²) in [5.41, 5.74) is 2.93. The molecule has 126 valence electrons. The van der Waals surface area contributed by atoms with Crippen LogP contribution in [0.1, 0.15) is 41.3 Å². The van der Waals surface area contributed by atoms with Crippen LogP contribution in [0.3, 0.4) is 0 Å². The Balaban J connectivity index is 1.55. The molecule has 24 heavy (non-hydrogen) atoms. The van der Waals surface area contributed by atoms with Gasteiger partial charge in [0.05, 0.1) is 16.9 Å². The Labute approximate surface area is 150 Å². The molecule has 1 aromatic carbocycles. The van der Waals surface area contributed by atoms with Gasteiger partial charge in [-0.3, -0.25) is 4.79 Å². The monoisotopic (exact) mass is 360 g/mol. The first kappa shape index (κ1) is 16.3. The topological polar surface area (TPSA) is 35.5 Å². The average molecular weight is 361 g/mol. The Kier molecular flexibility index (Phi) is 4.29. The largest absolute Gasteiger partial charge is 0.378 e. The first-order valence-electron chi connectivity index (χ1n) is 8.20. The third-order valence-electron chi connectivity index (χ3n) is 5.05. The molecule has 1 aliphatic heterocycles. The summed E-state index contributed by atoms with van der Waals surface area (Å²) in [4.78, 5) is 12.9. The molecular formula is C19H20O3S2. The number of ether oxygens (including phenoxy) is 2. The molecule has 0 spiro atoms. The number of Topliss-reactive ketones (excluding diaryl/α,β-unsaturated/α-hetero) is 1. The number of carbonyl (C=O) groups excluding carboxylic acids is 1. The van der Waals surface area contributed by atoms with Crippen molar-refractivity contribution in [3.8, 4) is 0 Å². The second-order valence-electron chi connectivity index (χ2n) is 6.47. The second kappa shape index (κ2) is 6.30. The minimum absolute atomic E-state index is 0.107. The normalized spacial score (nSPS) is 26.1. The molecule has 0 amide bonds. The number of aryl methyl sites for hydroxylation is 1. The predicted molar refractivity (Wildman–Crippen MR) is 96.3 cm³/mol. The molecule has 0 unspecified atom stereocenters. The summed E-state index contributed by atoms with van der Waals surface area (Å²) in [7, 11) is 1.76. The molecule has 4 rings (SSSR count). The summed E-state index contributed by atoms with van der Waals surface area (Å²) in [6.45, 7) is 2.86. The summed E-state index contributed by atoms with van der Waals surface area (Å²) in [5, 5.41) is 2.18. The molecule has 3 nitrogen and oxygen atoms in total. The molecule has 1 saturated heterocycles. The zero-order valence-electron chi connectivity index (χ0n) is 13.8.